The lowest BCUT2D eigenvalue weighted by Gasteiger charge is -2.46. The lowest BCUT2D eigenvalue weighted by atomic mass is 9.59. The van der Waals surface area contributed by atoms with Crippen molar-refractivity contribution in [1.82, 2.24) is 0 Å². The number of ketones is 3. The van der Waals surface area contributed by atoms with Gasteiger partial charge < -0.3 is 20.4 Å². The molecule has 7 heteroatoms. The molecule has 0 fully saturated rings. The molecule has 3 aliphatic carbocycles. The third-order valence-electron chi connectivity index (χ3n) is 7.10. The minimum absolute atomic E-state index is 0.0884. The van der Waals surface area contributed by atoms with Crippen LogP contribution in [0.3, 0.4) is 0 Å². The number of fused-ring (bicyclic) bond motifs is 3. The number of aryl methyl sites for hydroxylation is 2. The SMILES string of the molecule is CCc1cc(CC)c2c(c1O)C(=O)C1=C(O)C3(O)C(=O)C(C(C)=O)=C(O)CC3CC1C2. The number of allylic oxidation sites excluding steroid dienone is 2. The number of benzene rings is 1. The predicted octanol–water partition coefficient (Wildman–Crippen LogP) is 2.81. The van der Waals surface area contributed by atoms with Crippen molar-refractivity contribution in [3.05, 3.63) is 51.0 Å². The molecule has 0 bridgehead atoms. The summed E-state index contributed by atoms with van der Waals surface area (Å²) in [7, 11) is 0. The van der Waals surface area contributed by atoms with Crippen molar-refractivity contribution in [3.8, 4) is 5.75 Å². The molecule has 164 valence electrons. The van der Waals surface area contributed by atoms with Gasteiger partial charge in [-0.05, 0) is 55.2 Å². The van der Waals surface area contributed by atoms with Crippen LogP contribution in [-0.4, -0.2) is 43.4 Å². The molecule has 0 amide bonds. The predicted molar refractivity (Wildman–Crippen MR) is 111 cm³/mol. The Morgan fingerprint density at radius 1 is 1.10 bits per heavy atom. The van der Waals surface area contributed by atoms with Gasteiger partial charge in [-0.25, -0.2) is 0 Å². The number of aliphatic hydroxyl groups is 3. The van der Waals surface area contributed by atoms with Gasteiger partial charge in [0.25, 0.3) is 0 Å². The highest BCUT2D eigenvalue weighted by Crippen LogP contribution is 2.52. The highest BCUT2D eigenvalue weighted by Gasteiger charge is 2.59. The normalized spacial score (nSPS) is 27.7. The zero-order valence-corrected chi connectivity index (χ0v) is 17.8. The summed E-state index contributed by atoms with van der Waals surface area (Å²) in [4.78, 5) is 38.4. The van der Waals surface area contributed by atoms with Crippen LogP contribution in [0.15, 0.2) is 28.7 Å². The number of aliphatic hydroxyl groups excluding tert-OH is 2. The van der Waals surface area contributed by atoms with Gasteiger partial charge in [-0.15, -0.1) is 0 Å². The van der Waals surface area contributed by atoms with Crippen LogP contribution in [-0.2, 0) is 28.9 Å². The molecule has 31 heavy (non-hydrogen) atoms. The van der Waals surface area contributed by atoms with Gasteiger partial charge in [-0.1, -0.05) is 19.9 Å². The lowest BCUT2D eigenvalue weighted by molar-refractivity contribution is -0.144. The average Bonchev–Trinajstić information content (AvgIpc) is 2.70. The van der Waals surface area contributed by atoms with Gasteiger partial charge in [-0.3, -0.25) is 14.4 Å². The summed E-state index contributed by atoms with van der Waals surface area (Å²) in [6.45, 7) is 4.93. The molecule has 3 unspecified atom stereocenters. The lowest BCUT2D eigenvalue weighted by Crippen LogP contribution is -2.56. The van der Waals surface area contributed by atoms with Gasteiger partial charge in [0.1, 0.15) is 22.8 Å². The molecule has 1 aromatic carbocycles. The largest absolute Gasteiger partial charge is 0.511 e. The highest BCUT2D eigenvalue weighted by molar-refractivity contribution is 6.25. The summed E-state index contributed by atoms with van der Waals surface area (Å²) < 4.78 is 0. The molecular weight excluding hydrogens is 400 g/mol. The molecule has 0 radical (unpaired) electrons. The molecule has 4 N–H and O–H groups in total. The van der Waals surface area contributed by atoms with E-state index in [1.54, 1.807) is 0 Å². The average molecular weight is 426 g/mol. The van der Waals surface area contributed by atoms with Crippen LogP contribution in [0.2, 0.25) is 0 Å². The Labute approximate surface area is 179 Å². The fourth-order valence-electron chi connectivity index (χ4n) is 5.52. The Bertz CT molecular complexity index is 1110. The zero-order chi connectivity index (χ0) is 22.8. The Morgan fingerprint density at radius 3 is 2.32 bits per heavy atom. The minimum Gasteiger partial charge on any atom is -0.511 e. The first-order chi connectivity index (χ1) is 14.6. The summed E-state index contributed by atoms with van der Waals surface area (Å²) in [5.41, 5.74) is -0.677. The van der Waals surface area contributed by atoms with E-state index in [1.807, 2.05) is 19.9 Å². The summed E-state index contributed by atoms with van der Waals surface area (Å²) in [5.74, 6) is -5.03. The van der Waals surface area contributed by atoms with Crippen LogP contribution in [0.25, 0.3) is 0 Å². The van der Waals surface area contributed by atoms with Crippen LogP contribution in [0.1, 0.15) is 60.7 Å². The monoisotopic (exact) mass is 426 g/mol. The third-order valence-corrected chi connectivity index (χ3v) is 7.10. The molecule has 3 atom stereocenters. The number of phenols is 1. The molecule has 0 saturated heterocycles. The van der Waals surface area contributed by atoms with Gasteiger partial charge in [0.15, 0.2) is 17.2 Å². The van der Waals surface area contributed by atoms with Crippen LogP contribution in [0, 0.1) is 11.8 Å². The topological polar surface area (TPSA) is 132 Å². The van der Waals surface area contributed by atoms with Gasteiger partial charge in [0.05, 0.1) is 5.56 Å². The van der Waals surface area contributed by atoms with Crippen molar-refractivity contribution in [2.45, 2.75) is 58.5 Å². The van der Waals surface area contributed by atoms with Crippen LogP contribution >= 0.6 is 0 Å². The maximum Gasteiger partial charge on any atom is 0.209 e. The zero-order valence-electron chi connectivity index (χ0n) is 17.8. The second-order valence-corrected chi connectivity index (χ2v) is 8.71. The Balaban J connectivity index is 1.93. The summed E-state index contributed by atoms with van der Waals surface area (Å²) in [5, 5.41) is 43.3. The third kappa shape index (κ3) is 2.72. The molecule has 4 rings (SSSR count). The van der Waals surface area contributed by atoms with E-state index >= 15 is 0 Å². The number of rotatable bonds is 3. The van der Waals surface area contributed by atoms with E-state index < -0.39 is 51.9 Å². The number of hydrogen-bond acceptors (Lipinski definition) is 7. The number of aromatic hydroxyl groups is 1. The van der Waals surface area contributed by atoms with E-state index in [1.165, 1.54) is 0 Å². The summed E-state index contributed by atoms with van der Waals surface area (Å²) in [6.07, 6.45) is 1.59. The summed E-state index contributed by atoms with van der Waals surface area (Å²) in [6, 6.07) is 1.90. The molecule has 3 aliphatic rings. The van der Waals surface area contributed by atoms with Crippen molar-refractivity contribution in [3.63, 3.8) is 0 Å². The van der Waals surface area contributed by atoms with Crippen LogP contribution in [0.5, 0.6) is 5.75 Å². The second-order valence-electron chi connectivity index (χ2n) is 8.71. The number of Topliss-reactive ketones (excluding diaryl/α,β-unsaturated/α-hetero) is 3. The molecular formula is C24H26O7. The number of hydrogen-bond donors (Lipinski definition) is 4. The second kappa shape index (κ2) is 7.05. The molecule has 0 aliphatic heterocycles. The number of phenolic OH excluding ortho intramolecular Hbond substituents is 1. The molecule has 1 aromatic rings. The highest BCUT2D eigenvalue weighted by atomic mass is 16.3. The fourth-order valence-corrected chi connectivity index (χ4v) is 5.52. The van der Waals surface area contributed by atoms with Gasteiger partial charge in [0, 0.05) is 17.9 Å². The smallest absolute Gasteiger partial charge is 0.209 e. The van der Waals surface area contributed by atoms with Crippen molar-refractivity contribution < 1.29 is 34.8 Å². The quantitative estimate of drug-likeness (QED) is 0.546. The van der Waals surface area contributed by atoms with E-state index in [0.717, 1.165) is 18.1 Å². The maximum atomic E-state index is 13.5. The first-order valence-electron chi connectivity index (χ1n) is 10.6. The van der Waals surface area contributed by atoms with Gasteiger partial charge >= 0.3 is 0 Å². The standard InChI is InChI=1S/C24H26O7/c1-4-11-6-12(5-2)20(27)19-15(11)8-13-7-14-9-16(26)17(10(3)25)22(29)24(14,31)23(30)18(13)21(19)28/h6,13-14,26-27,30-31H,4-5,7-9H2,1-3H3. The minimum atomic E-state index is -2.45. The van der Waals surface area contributed by atoms with Crippen LogP contribution in [0.4, 0.5) is 0 Å². The maximum absolute atomic E-state index is 13.5. The molecule has 0 aromatic heterocycles. The van der Waals surface area contributed by atoms with E-state index in [4.69, 9.17) is 0 Å². The van der Waals surface area contributed by atoms with Crippen molar-refractivity contribution in [2.24, 2.45) is 11.8 Å². The molecule has 0 heterocycles. The van der Waals surface area contributed by atoms with Gasteiger partial charge in [-0.2, -0.15) is 0 Å². The van der Waals surface area contributed by atoms with E-state index in [0.29, 0.717) is 24.8 Å². The van der Waals surface area contributed by atoms with E-state index in [9.17, 15) is 34.8 Å². The van der Waals surface area contributed by atoms with Crippen LogP contribution < -0.4 is 0 Å². The number of carbonyl (C=O) groups is 3. The van der Waals surface area contributed by atoms with Gasteiger partial charge in [0.2, 0.25) is 5.78 Å². The Morgan fingerprint density at radius 2 is 1.74 bits per heavy atom. The Kier molecular flexibility index (Phi) is 4.85. The van der Waals surface area contributed by atoms with Crippen molar-refractivity contribution in [2.75, 3.05) is 0 Å². The van der Waals surface area contributed by atoms with E-state index in [-0.39, 0.29) is 29.7 Å². The van der Waals surface area contributed by atoms with Crippen molar-refractivity contribution in [1.29, 1.82) is 0 Å². The van der Waals surface area contributed by atoms with E-state index in [2.05, 4.69) is 0 Å². The number of carbonyl (C=O) groups excluding carboxylic acids is 3. The Hall–Kier alpha value is -2.93. The first-order valence-corrected chi connectivity index (χ1v) is 10.6. The summed E-state index contributed by atoms with van der Waals surface area (Å²) >= 11 is 0. The molecule has 7 nitrogen and oxygen atoms in total. The van der Waals surface area contributed by atoms with Crippen molar-refractivity contribution >= 4 is 17.3 Å². The fraction of sp³-hybridized carbons (Fsp3) is 0.458. The molecule has 0 spiro atoms. The molecule has 0 saturated carbocycles. The first kappa shape index (κ1) is 21.3.